The topological polar surface area (TPSA) is 88.5 Å². The Balaban J connectivity index is 1.64. The van der Waals surface area contributed by atoms with Gasteiger partial charge in [0.25, 0.3) is 5.91 Å². The van der Waals surface area contributed by atoms with Crippen LogP contribution in [0.5, 0.6) is 0 Å². The zero-order chi connectivity index (χ0) is 19.0. The van der Waals surface area contributed by atoms with Crippen molar-refractivity contribution in [2.75, 3.05) is 5.32 Å². The van der Waals surface area contributed by atoms with E-state index in [9.17, 15) is 4.79 Å². The maximum absolute atomic E-state index is 12.8. The normalized spacial score (nSPS) is 11.3. The van der Waals surface area contributed by atoms with Crippen LogP contribution in [0.1, 0.15) is 35.8 Å². The van der Waals surface area contributed by atoms with Gasteiger partial charge in [0.15, 0.2) is 5.82 Å². The molecule has 0 saturated heterocycles. The fourth-order valence-electron chi connectivity index (χ4n) is 3.11. The number of carbonyl (C=O) groups is 1. The molecule has 7 heteroatoms. The van der Waals surface area contributed by atoms with Gasteiger partial charge in [0.1, 0.15) is 17.8 Å². The molecule has 136 valence electrons. The van der Waals surface area contributed by atoms with Crippen LogP contribution < -0.4 is 5.32 Å². The van der Waals surface area contributed by atoms with E-state index in [0.29, 0.717) is 22.9 Å². The third kappa shape index (κ3) is 3.08. The number of amides is 1. The van der Waals surface area contributed by atoms with E-state index in [1.165, 1.54) is 0 Å². The van der Waals surface area contributed by atoms with Crippen molar-refractivity contribution in [3.8, 4) is 11.5 Å². The van der Waals surface area contributed by atoms with Gasteiger partial charge in [-0.05, 0) is 38.5 Å². The molecule has 2 N–H and O–H groups in total. The Morgan fingerprint density at radius 3 is 2.81 bits per heavy atom. The molecule has 0 fully saturated rings. The molecule has 0 unspecified atom stereocenters. The highest BCUT2D eigenvalue weighted by Crippen LogP contribution is 2.23. The molecule has 4 rings (SSSR count). The molecule has 1 amide bonds. The Bertz CT molecular complexity index is 1120. The van der Waals surface area contributed by atoms with Gasteiger partial charge in [0.05, 0.1) is 5.56 Å². The van der Waals surface area contributed by atoms with Gasteiger partial charge in [-0.2, -0.15) is 0 Å². The van der Waals surface area contributed by atoms with Crippen molar-refractivity contribution in [2.45, 2.75) is 26.8 Å². The molecule has 3 heterocycles. The SMILES string of the molecule is Cc1cccc2c(C(=O)Nc3cccc(-c4nncn4C(C)C)n3)c[nH]c12. The van der Waals surface area contributed by atoms with E-state index in [-0.39, 0.29) is 11.9 Å². The lowest BCUT2D eigenvalue weighted by molar-refractivity contribution is 0.102. The number of aromatic nitrogens is 5. The number of rotatable bonds is 4. The summed E-state index contributed by atoms with van der Waals surface area (Å²) in [6, 6.07) is 11.6. The quantitative estimate of drug-likeness (QED) is 0.576. The molecule has 27 heavy (non-hydrogen) atoms. The number of fused-ring (bicyclic) bond motifs is 1. The van der Waals surface area contributed by atoms with E-state index in [0.717, 1.165) is 16.5 Å². The highest BCUT2D eigenvalue weighted by molar-refractivity contribution is 6.12. The van der Waals surface area contributed by atoms with E-state index < -0.39 is 0 Å². The van der Waals surface area contributed by atoms with Crippen LogP contribution in [0.25, 0.3) is 22.4 Å². The van der Waals surface area contributed by atoms with Crippen LogP contribution in [0.15, 0.2) is 48.9 Å². The van der Waals surface area contributed by atoms with Crippen LogP contribution in [0.2, 0.25) is 0 Å². The number of H-pyrrole nitrogens is 1. The average Bonchev–Trinajstić information content (AvgIpc) is 3.30. The first kappa shape index (κ1) is 17.0. The molecule has 0 spiro atoms. The summed E-state index contributed by atoms with van der Waals surface area (Å²) in [4.78, 5) is 20.5. The van der Waals surface area contributed by atoms with Crippen LogP contribution in [0.3, 0.4) is 0 Å². The lowest BCUT2D eigenvalue weighted by Gasteiger charge is -2.10. The Hall–Kier alpha value is -3.48. The van der Waals surface area contributed by atoms with Gasteiger partial charge < -0.3 is 14.9 Å². The fraction of sp³-hybridized carbons (Fsp3) is 0.200. The molecule has 4 aromatic rings. The lowest BCUT2D eigenvalue weighted by Crippen LogP contribution is -2.13. The monoisotopic (exact) mass is 360 g/mol. The summed E-state index contributed by atoms with van der Waals surface area (Å²) in [7, 11) is 0. The molecule has 3 aromatic heterocycles. The fourth-order valence-corrected chi connectivity index (χ4v) is 3.11. The Morgan fingerprint density at radius 2 is 2.00 bits per heavy atom. The molecular weight excluding hydrogens is 340 g/mol. The predicted octanol–water partition coefficient (Wildman–Crippen LogP) is 3.96. The molecule has 0 aliphatic heterocycles. The number of benzene rings is 1. The van der Waals surface area contributed by atoms with Crippen LogP contribution in [0.4, 0.5) is 5.82 Å². The van der Waals surface area contributed by atoms with Gasteiger partial charge in [-0.15, -0.1) is 10.2 Å². The first-order valence-electron chi connectivity index (χ1n) is 8.79. The molecule has 0 aliphatic rings. The Morgan fingerprint density at radius 1 is 1.19 bits per heavy atom. The predicted molar refractivity (Wildman–Crippen MR) is 105 cm³/mol. The number of para-hydroxylation sites is 1. The number of hydrogen-bond donors (Lipinski definition) is 2. The minimum atomic E-state index is -0.207. The highest BCUT2D eigenvalue weighted by Gasteiger charge is 2.15. The molecule has 0 saturated carbocycles. The third-order valence-electron chi connectivity index (χ3n) is 4.52. The molecule has 0 bridgehead atoms. The summed E-state index contributed by atoms with van der Waals surface area (Å²) < 4.78 is 1.94. The van der Waals surface area contributed by atoms with Gasteiger partial charge in [-0.1, -0.05) is 24.3 Å². The summed E-state index contributed by atoms with van der Waals surface area (Å²) in [5.41, 5.74) is 3.31. The van der Waals surface area contributed by atoms with Gasteiger partial charge in [0.2, 0.25) is 0 Å². The zero-order valence-corrected chi connectivity index (χ0v) is 15.4. The summed E-state index contributed by atoms with van der Waals surface area (Å²) in [5.74, 6) is 0.934. The summed E-state index contributed by atoms with van der Waals surface area (Å²) in [6.07, 6.45) is 3.41. The first-order chi connectivity index (χ1) is 13.0. The highest BCUT2D eigenvalue weighted by atomic mass is 16.1. The number of carbonyl (C=O) groups excluding carboxylic acids is 1. The van der Waals surface area contributed by atoms with Crippen molar-refractivity contribution in [1.82, 2.24) is 24.7 Å². The van der Waals surface area contributed by atoms with Crippen LogP contribution >= 0.6 is 0 Å². The minimum Gasteiger partial charge on any atom is -0.360 e. The van der Waals surface area contributed by atoms with Crippen LogP contribution in [0, 0.1) is 6.92 Å². The maximum atomic E-state index is 12.8. The minimum absolute atomic E-state index is 0.207. The maximum Gasteiger partial charge on any atom is 0.258 e. The Kier molecular flexibility index (Phi) is 4.19. The molecular formula is C20H20N6O. The van der Waals surface area contributed by atoms with Gasteiger partial charge in [0, 0.05) is 23.1 Å². The summed E-state index contributed by atoms with van der Waals surface area (Å²) in [5, 5.41) is 11.9. The second-order valence-corrected chi connectivity index (χ2v) is 6.72. The van der Waals surface area contributed by atoms with Gasteiger partial charge >= 0.3 is 0 Å². The Labute approximate surface area is 156 Å². The number of pyridine rings is 1. The third-order valence-corrected chi connectivity index (χ3v) is 4.52. The number of aromatic amines is 1. The molecule has 7 nitrogen and oxygen atoms in total. The van der Waals surface area contributed by atoms with E-state index in [1.807, 2.05) is 41.8 Å². The van der Waals surface area contributed by atoms with E-state index in [4.69, 9.17) is 0 Å². The zero-order valence-electron chi connectivity index (χ0n) is 15.4. The molecule has 0 aliphatic carbocycles. The number of aryl methyl sites for hydroxylation is 1. The van der Waals surface area contributed by atoms with Crippen molar-refractivity contribution in [1.29, 1.82) is 0 Å². The standard InChI is InChI=1S/C20H20N6O/c1-12(2)26-11-22-25-19(26)16-8-5-9-17(23-16)24-20(27)15-10-21-18-13(3)6-4-7-14(15)18/h4-12,21H,1-3H3,(H,23,24,27). The summed E-state index contributed by atoms with van der Waals surface area (Å²) >= 11 is 0. The van der Waals surface area contributed by atoms with Crippen LogP contribution in [-0.2, 0) is 0 Å². The van der Waals surface area contributed by atoms with E-state index in [1.54, 1.807) is 18.6 Å². The summed E-state index contributed by atoms with van der Waals surface area (Å²) in [6.45, 7) is 6.12. The van der Waals surface area contributed by atoms with E-state index in [2.05, 4.69) is 39.3 Å². The first-order valence-corrected chi connectivity index (χ1v) is 8.79. The van der Waals surface area contributed by atoms with Crippen molar-refractivity contribution in [2.24, 2.45) is 0 Å². The number of nitrogens with zero attached hydrogens (tertiary/aromatic N) is 4. The number of hydrogen-bond acceptors (Lipinski definition) is 4. The van der Waals surface area contributed by atoms with Gasteiger partial charge in [-0.3, -0.25) is 4.79 Å². The average molecular weight is 360 g/mol. The van der Waals surface area contributed by atoms with Crippen molar-refractivity contribution in [3.63, 3.8) is 0 Å². The molecule has 1 aromatic carbocycles. The molecule has 0 radical (unpaired) electrons. The largest absolute Gasteiger partial charge is 0.360 e. The number of nitrogens with one attached hydrogen (secondary N) is 2. The molecule has 0 atom stereocenters. The number of anilines is 1. The van der Waals surface area contributed by atoms with Crippen molar-refractivity contribution in [3.05, 3.63) is 60.0 Å². The smallest absolute Gasteiger partial charge is 0.258 e. The second-order valence-electron chi connectivity index (χ2n) is 6.72. The second kappa shape index (κ2) is 6.68. The van der Waals surface area contributed by atoms with Crippen LogP contribution in [-0.4, -0.2) is 30.6 Å². The van der Waals surface area contributed by atoms with E-state index >= 15 is 0 Å². The van der Waals surface area contributed by atoms with Crippen molar-refractivity contribution >= 4 is 22.6 Å². The lowest BCUT2D eigenvalue weighted by atomic mass is 10.1. The van der Waals surface area contributed by atoms with Gasteiger partial charge in [-0.25, -0.2) is 4.98 Å². The van der Waals surface area contributed by atoms with Crippen molar-refractivity contribution < 1.29 is 4.79 Å².